The summed E-state index contributed by atoms with van der Waals surface area (Å²) >= 11 is 1.56. The molecule has 4 amide bonds. The van der Waals surface area contributed by atoms with Gasteiger partial charge in [0.1, 0.15) is 23.9 Å². The van der Waals surface area contributed by atoms with E-state index in [1.807, 2.05) is 36.6 Å². The molecular formula is C32H43N5O7S. The number of hydrogen-bond acceptors (Lipinski definition) is 9. The zero-order valence-corrected chi connectivity index (χ0v) is 26.8. The molecule has 13 heteroatoms. The standard InChI is InChI=1S/C32H43N5O7S/c1-4-44-32(43)26(14-17-45-3)37-16-15-36(27(31(37)42)19-22-8-6-5-7-9-22)28(39)20-34-29(40)21(2)35-30(41)25(33)18-23-10-12-24(38)13-11-23/h5-13,21,25-27,38H,4,14-20,33H2,1-3H3,(H,34,40)(H,35,41)/t21-,25+,26+,27+/m1/s1. The molecule has 45 heavy (non-hydrogen) atoms. The van der Waals surface area contributed by atoms with E-state index >= 15 is 0 Å². The summed E-state index contributed by atoms with van der Waals surface area (Å²) in [5, 5.41) is 14.6. The fourth-order valence-electron chi connectivity index (χ4n) is 5.10. The number of phenolic OH excluding ortho intramolecular Hbond substituents is 1. The Labute approximate surface area is 268 Å². The van der Waals surface area contributed by atoms with E-state index < -0.39 is 47.9 Å². The molecule has 4 atom stereocenters. The van der Waals surface area contributed by atoms with E-state index in [2.05, 4.69) is 10.6 Å². The quantitative estimate of drug-likeness (QED) is 0.206. The van der Waals surface area contributed by atoms with E-state index in [1.165, 1.54) is 28.9 Å². The Hall–Kier alpha value is -4.10. The highest BCUT2D eigenvalue weighted by molar-refractivity contribution is 7.98. The second kappa shape index (κ2) is 17.4. The van der Waals surface area contributed by atoms with Gasteiger partial charge >= 0.3 is 5.97 Å². The lowest BCUT2D eigenvalue weighted by atomic mass is 9.99. The first-order valence-electron chi connectivity index (χ1n) is 15.0. The predicted molar refractivity (Wildman–Crippen MR) is 171 cm³/mol. The van der Waals surface area contributed by atoms with Crippen molar-refractivity contribution in [3.05, 3.63) is 65.7 Å². The Balaban J connectivity index is 1.65. The average Bonchev–Trinajstić information content (AvgIpc) is 3.03. The van der Waals surface area contributed by atoms with Crippen LogP contribution in [-0.4, -0.2) is 107 Å². The fourth-order valence-corrected chi connectivity index (χ4v) is 5.56. The number of nitrogens with zero attached hydrogens (tertiary/aromatic N) is 2. The molecule has 0 aliphatic carbocycles. The molecule has 0 saturated carbocycles. The van der Waals surface area contributed by atoms with Crippen molar-refractivity contribution in [2.75, 3.05) is 38.2 Å². The molecule has 0 unspecified atom stereocenters. The normalized spacial score (nSPS) is 16.8. The maximum atomic E-state index is 13.9. The number of piperazine rings is 1. The van der Waals surface area contributed by atoms with Gasteiger partial charge in [-0.3, -0.25) is 19.2 Å². The lowest BCUT2D eigenvalue weighted by Gasteiger charge is -2.43. The molecule has 5 N–H and O–H groups in total. The molecule has 1 aliphatic rings. The number of thioether (sulfide) groups is 1. The van der Waals surface area contributed by atoms with Crippen LogP contribution >= 0.6 is 11.8 Å². The summed E-state index contributed by atoms with van der Waals surface area (Å²) in [6, 6.07) is 12.0. The summed E-state index contributed by atoms with van der Waals surface area (Å²) in [7, 11) is 0. The number of nitrogens with two attached hydrogens (primary N) is 1. The first-order valence-corrected chi connectivity index (χ1v) is 16.4. The Morgan fingerprint density at radius 1 is 1.04 bits per heavy atom. The van der Waals surface area contributed by atoms with Crippen LogP contribution in [0.15, 0.2) is 54.6 Å². The van der Waals surface area contributed by atoms with Crippen molar-refractivity contribution in [3.8, 4) is 5.75 Å². The van der Waals surface area contributed by atoms with Gasteiger partial charge in [0.2, 0.25) is 23.6 Å². The summed E-state index contributed by atoms with van der Waals surface area (Å²) in [5.74, 6) is -1.66. The molecular weight excluding hydrogens is 598 g/mol. The van der Waals surface area contributed by atoms with Crippen LogP contribution in [0.4, 0.5) is 0 Å². The number of aromatic hydroxyl groups is 1. The van der Waals surface area contributed by atoms with Crippen LogP contribution in [0.3, 0.4) is 0 Å². The van der Waals surface area contributed by atoms with E-state index in [1.54, 1.807) is 30.8 Å². The number of phenols is 1. The number of carbonyl (C=O) groups excluding carboxylic acids is 5. The minimum absolute atomic E-state index is 0.0984. The third-order valence-corrected chi connectivity index (χ3v) is 8.19. The monoisotopic (exact) mass is 641 g/mol. The molecule has 1 fully saturated rings. The molecule has 3 rings (SSSR count). The zero-order valence-electron chi connectivity index (χ0n) is 25.9. The average molecular weight is 642 g/mol. The van der Waals surface area contributed by atoms with Crippen LogP contribution in [0.25, 0.3) is 0 Å². The molecule has 0 aromatic heterocycles. The summed E-state index contributed by atoms with van der Waals surface area (Å²) in [4.78, 5) is 68.5. The minimum atomic E-state index is -0.975. The topological polar surface area (TPSA) is 171 Å². The molecule has 1 aliphatic heterocycles. The Bertz CT molecular complexity index is 1310. The van der Waals surface area contributed by atoms with E-state index in [9.17, 15) is 29.1 Å². The van der Waals surface area contributed by atoms with Crippen LogP contribution in [0.2, 0.25) is 0 Å². The summed E-state index contributed by atoms with van der Waals surface area (Å²) in [6.45, 7) is 3.32. The van der Waals surface area contributed by atoms with E-state index in [-0.39, 0.29) is 50.7 Å². The molecule has 0 spiro atoms. The number of amides is 4. The SMILES string of the molecule is CCOC(=O)[C@H](CCSC)N1CCN(C(=O)CNC(=O)[C@@H](C)NC(=O)[C@@H](N)Cc2ccc(O)cc2)[C@@H](Cc2ccccc2)C1=O. The smallest absolute Gasteiger partial charge is 0.328 e. The molecule has 2 aromatic carbocycles. The largest absolute Gasteiger partial charge is 0.508 e. The highest BCUT2D eigenvalue weighted by Gasteiger charge is 2.42. The molecule has 244 valence electrons. The molecule has 0 bridgehead atoms. The first kappa shape index (κ1) is 35.4. The predicted octanol–water partition coefficient (Wildman–Crippen LogP) is 0.850. The minimum Gasteiger partial charge on any atom is -0.508 e. The third kappa shape index (κ3) is 10.2. The van der Waals surface area contributed by atoms with Gasteiger partial charge in [-0.1, -0.05) is 42.5 Å². The maximum absolute atomic E-state index is 13.9. The number of hydrogen-bond donors (Lipinski definition) is 4. The van der Waals surface area contributed by atoms with Crippen molar-refractivity contribution in [3.63, 3.8) is 0 Å². The summed E-state index contributed by atoms with van der Waals surface area (Å²) < 4.78 is 5.28. The number of benzene rings is 2. The highest BCUT2D eigenvalue weighted by atomic mass is 32.2. The van der Waals surface area contributed by atoms with E-state index in [4.69, 9.17) is 10.5 Å². The second-order valence-corrected chi connectivity index (χ2v) is 11.8. The molecule has 1 saturated heterocycles. The van der Waals surface area contributed by atoms with Gasteiger partial charge in [-0.2, -0.15) is 11.8 Å². The number of rotatable bonds is 15. The van der Waals surface area contributed by atoms with E-state index in [0.29, 0.717) is 12.2 Å². The first-order chi connectivity index (χ1) is 21.5. The van der Waals surface area contributed by atoms with Gasteiger partial charge in [-0.05, 0) is 62.0 Å². The van der Waals surface area contributed by atoms with Gasteiger partial charge in [0.15, 0.2) is 0 Å². The van der Waals surface area contributed by atoms with Gasteiger partial charge in [0, 0.05) is 19.5 Å². The lowest BCUT2D eigenvalue weighted by Crippen LogP contribution is -2.64. The lowest BCUT2D eigenvalue weighted by molar-refractivity contribution is -0.162. The molecule has 2 aromatic rings. The van der Waals surface area contributed by atoms with Crippen LogP contribution in [0, 0.1) is 0 Å². The molecule has 0 radical (unpaired) electrons. The number of esters is 1. The number of carbonyl (C=O) groups is 5. The van der Waals surface area contributed by atoms with Gasteiger partial charge in [-0.25, -0.2) is 4.79 Å². The zero-order chi connectivity index (χ0) is 32.9. The maximum Gasteiger partial charge on any atom is 0.328 e. The number of ether oxygens (including phenoxy) is 1. The Kier molecular flexibility index (Phi) is 13.7. The van der Waals surface area contributed by atoms with Crippen molar-refractivity contribution in [2.45, 2.75) is 57.3 Å². The van der Waals surface area contributed by atoms with E-state index in [0.717, 1.165) is 11.1 Å². The van der Waals surface area contributed by atoms with Crippen LogP contribution < -0.4 is 16.4 Å². The van der Waals surface area contributed by atoms with Crippen LogP contribution in [-0.2, 0) is 41.6 Å². The molecule has 12 nitrogen and oxygen atoms in total. The van der Waals surface area contributed by atoms with Crippen molar-refractivity contribution in [1.29, 1.82) is 0 Å². The third-order valence-electron chi connectivity index (χ3n) is 7.54. The second-order valence-electron chi connectivity index (χ2n) is 10.8. The van der Waals surface area contributed by atoms with Crippen molar-refractivity contribution < 1.29 is 33.8 Å². The van der Waals surface area contributed by atoms with Crippen LogP contribution in [0.1, 0.15) is 31.4 Å². The molecule has 1 heterocycles. The summed E-state index contributed by atoms with van der Waals surface area (Å²) in [5.41, 5.74) is 7.60. The number of nitrogens with one attached hydrogen (secondary N) is 2. The van der Waals surface area contributed by atoms with Crippen molar-refractivity contribution >= 4 is 41.4 Å². The summed E-state index contributed by atoms with van der Waals surface area (Å²) in [6.07, 6.45) is 2.79. The van der Waals surface area contributed by atoms with Crippen LogP contribution in [0.5, 0.6) is 5.75 Å². The van der Waals surface area contributed by atoms with Gasteiger partial charge in [0.05, 0.1) is 19.2 Å². The fraction of sp³-hybridized carbons (Fsp3) is 0.469. The van der Waals surface area contributed by atoms with Crippen molar-refractivity contribution in [1.82, 2.24) is 20.4 Å². The highest BCUT2D eigenvalue weighted by Crippen LogP contribution is 2.22. The Morgan fingerprint density at radius 2 is 1.73 bits per heavy atom. The van der Waals surface area contributed by atoms with Gasteiger partial charge in [-0.15, -0.1) is 0 Å². The van der Waals surface area contributed by atoms with Crippen molar-refractivity contribution in [2.24, 2.45) is 5.73 Å². The van der Waals surface area contributed by atoms with Gasteiger partial charge < -0.3 is 36.0 Å². The Morgan fingerprint density at radius 3 is 2.38 bits per heavy atom. The van der Waals surface area contributed by atoms with Gasteiger partial charge in [0.25, 0.3) is 0 Å².